The molecule has 2 heterocycles. The molecular weight excluding hydrogens is 284 g/mol. The number of H-pyrrole nitrogens is 1. The van der Waals surface area contributed by atoms with E-state index in [1.54, 1.807) is 13.8 Å². The van der Waals surface area contributed by atoms with Crippen LogP contribution in [0.3, 0.4) is 0 Å². The molecule has 0 bridgehead atoms. The van der Waals surface area contributed by atoms with Gasteiger partial charge in [-0.2, -0.15) is 5.10 Å². The number of rotatable bonds is 5. The Morgan fingerprint density at radius 2 is 2.20 bits per heavy atom. The Morgan fingerprint density at radius 3 is 2.65 bits per heavy atom. The summed E-state index contributed by atoms with van der Waals surface area (Å²) in [5.74, 6) is -0.971. The molecule has 0 aliphatic rings. The van der Waals surface area contributed by atoms with Crippen LogP contribution >= 0.6 is 0 Å². The highest BCUT2D eigenvalue weighted by Gasteiger charge is 2.22. The molecule has 0 amide bonds. The standard InChI is InChI=1S/C11H14N4O4S/c1-7(2)15-6-8(5-9(15)11(16)17)20(18,19)14-10-3-4-12-13-10/h3-7H,1-2H3,(H,16,17)(H2,12,13,14). The van der Waals surface area contributed by atoms with Gasteiger partial charge in [0.1, 0.15) is 16.4 Å². The number of hydrogen-bond acceptors (Lipinski definition) is 4. The molecule has 2 aromatic rings. The molecule has 0 unspecified atom stereocenters. The van der Waals surface area contributed by atoms with E-state index < -0.39 is 16.0 Å². The predicted molar refractivity (Wildman–Crippen MR) is 71.2 cm³/mol. The number of nitrogens with one attached hydrogen (secondary N) is 2. The quantitative estimate of drug-likeness (QED) is 0.769. The van der Waals surface area contributed by atoms with E-state index in [1.165, 1.54) is 23.0 Å². The van der Waals surface area contributed by atoms with Gasteiger partial charge in [0, 0.05) is 18.3 Å². The van der Waals surface area contributed by atoms with Crippen molar-refractivity contribution in [2.45, 2.75) is 24.8 Å². The summed E-state index contributed by atoms with van der Waals surface area (Å²) in [6, 6.07) is 2.41. The number of aromatic carboxylic acids is 1. The van der Waals surface area contributed by atoms with Crippen molar-refractivity contribution in [2.24, 2.45) is 0 Å². The second-order valence-electron chi connectivity index (χ2n) is 4.44. The number of carboxylic acids is 1. The Labute approximate surface area is 115 Å². The van der Waals surface area contributed by atoms with Crippen LogP contribution in [0.25, 0.3) is 0 Å². The lowest BCUT2D eigenvalue weighted by Crippen LogP contribution is -2.12. The van der Waals surface area contributed by atoms with E-state index in [4.69, 9.17) is 5.11 Å². The zero-order valence-corrected chi connectivity index (χ0v) is 11.7. The van der Waals surface area contributed by atoms with Crippen molar-refractivity contribution in [3.05, 3.63) is 30.2 Å². The minimum Gasteiger partial charge on any atom is -0.477 e. The van der Waals surface area contributed by atoms with Crippen LogP contribution in [0.1, 0.15) is 30.4 Å². The summed E-state index contributed by atoms with van der Waals surface area (Å²) in [7, 11) is -3.86. The zero-order valence-electron chi connectivity index (χ0n) is 10.9. The molecule has 108 valence electrons. The van der Waals surface area contributed by atoms with E-state index in [0.717, 1.165) is 6.07 Å². The first kappa shape index (κ1) is 14.1. The van der Waals surface area contributed by atoms with E-state index in [-0.39, 0.29) is 22.4 Å². The van der Waals surface area contributed by atoms with Gasteiger partial charge in [-0.3, -0.25) is 9.82 Å². The fourth-order valence-electron chi connectivity index (χ4n) is 1.72. The fraction of sp³-hybridized carbons (Fsp3) is 0.273. The number of aromatic amines is 1. The number of carboxylic acid groups (broad SMARTS) is 1. The molecule has 0 fully saturated rings. The van der Waals surface area contributed by atoms with Gasteiger partial charge in [-0.15, -0.1) is 0 Å². The average molecular weight is 298 g/mol. The first-order valence-corrected chi connectivity index (χ1v) is 7.27. The SMILES string of the molecule is CC(C)n1cc(S(=O)(=O)Nc2ccn[nH]2)cc1C(=O)O. The van der Waals surface area contributed by atoms with Crippen molar-refractivity contribution in [3.63, 3.8) is 0 Å². The highest BCUT2D eigenvalue weighted by molar-refractivity contribution is 7.92. The summed E-state index contributed by atoms with van der Waals surface area (Å²) in [4.78, 5) is 11.0. The fourth-order valence-corrected chi connectivity index (χ4v) is 2.76. The van der Waals surface area contributed by atoms with Gasteiger partial charge in [-0.05, 0) is 19.9 Å². The zero-order chi connectivity index (χ0) is 14.9. The number of aromatic nitrogens is 3. The highest BCUT2D eigenvalue weighted by atomic mass is 32.2. The minimum atomic E-state index is -3.86. The van der Waals surface area contributed by atoms with E-state index in [0.29, 0.717) is 0 Å². The molecule has 0 aliphatic carbocycles. The molecule has 0 radical (unpaired) electrons. The van der Waals surface area contributed by atoms with E-state index >= 15 is 0 Å². The lowest BCUT2D eigenvalue weighted by molar-refractivity contribution is 0.0683. The maximum atomic E-state index is 12.1. The summed E-state index contributed by atoms with van der Waals surface area (Å²) >= 11 is 0. The Bertz CT molecular complexity index is 716. The number of anilines is 1. The maximum Gasteiger partial charge on any atom is 0.352 e. The molecule has 0 atom stereocenters. The molecule has 8 nitrogen and oxygen atoms in total. The van der Waals surface area contributed by atoms with E-state index in [2.05, 4.69) is 14.9 Å². The van der Waals surface area contributed by atoms with Crippen molar-refractivity contribution in [1.29, 1.82) is 0 Å². The van der Waals surface area contributed by atoms with Gasteiger partial charge in [0.2, 0.25) is 0 Å². The van der Waals surface area contributed by atoms with Crippen LogP contribution in [0.15, 0.2) is 29.4 Å². The van der Waals surface area contributed by atoms with E-state index in [1.807, 2.05) is 0 Å². The van der Waals surface area contributed by atoms with Crippen molar-refractivity contribution in [1.82, 2.24) is 14.8 Å². The molecular formula is C11H14N4O4S. The number of nitrogens with zero attached hydrogens (tertiary/aromatic N) is 2. The Morgan fingerprint density at radius 1 is 1.50 bits per heavy atom. The third-order valence-corrected chi connectivity index (χ3v) is 3.99. The van der Waals surface area contributed by atoms with Crippen molar-refractivity contribution >= 4 is 21.8 Å². The molecule has 3 N–H and O–H groups in total. The number of hydrogen-bond donors (Lipinski definition) is 3. The normalized spacial score (nSPS) is 11.8. The van der Waals surface area contributed by atoms with Crippen molar-refractivity contribution in [3.8, 4) is 0 Å². The molecule has 20 heavy (non-hydrogen) atoms. The van der Waals surface area contributed by atoms with Gasteiger partial charge in [0.15, 0.2) is 0 Å². The van der Waals surface area contributed by atoms with Crippen LogP contribution in [0.4, 0.5) is 5.82 Å². The minimum absolute atomic E-state index is 0.0787. The third kappa shape index (κ3) is 2.67. The van der Waals surface area contributed by atoms with Gasteiger partial charge >= 0.3 is 5.97 Å². The van der Waals surface area contributed by atoms with Crippen LogP contribution in [-0.4, -0.2) is 34.3 Å². The van der Waals surface area contributed by atoms with Gasteiger partial charge in [-0.25, -0.2) is 13.2 Å². The van der Waals surface area contributed by atoms with Gasteiger partial charge in [0.25, 0.3) is 10.0 Å². The second kappa shape index (κ2) is 5.00. The average Bonchev–Trinajstić information content (AvgIpc) is 2.95. The lowest BCUT2D eigenvalue weighted by Gasteiger charge is -2.09. The van der Waals surface area contributed by atoms with Crippen LogP contribution in [0.2, 0.25) is 0 Å². The second-order valence-corrected chi connectivity index (χ2v) is 6.13. The summed E-state index contributed by atoms with van der Waals surface area (Å²) in [5.41, 5.74) is -0.0787. The largest absolute Gasteiger partial charge is 0.477 e. The Kier molecular flexibility index (Phi) is 3.53. The lowest BCUT2D eigenvalue weighted by atomic mass is 10.3. The summed E-state index contributed by atoms with van der Waals surface area (Å²) in [6.45, 7) is 3.54. The van der Waals surface area contributed by atoms with Crippen molar-refractivity contribution in [2.75, 3.05) is 4.72 Å². The van der Waals surface area contributed by atoms with Crippen LogP contribution in [0, 0.1) is 0 Å². The summed E-state index contributed by atoms with van der Waals surface area (Å²) in [6.07, 6.45) is 2.70. The predicted octanol–water partition coefficient (Wildman–Crippen LogP) is 1.29. The van der Waals surface area contributed by atoms with Gasteiger partial charge < -0.3 is 9.67 Å². The maximum absolute atomic E-state index is 12.1. The van der Waals surface area contributed by atoms with Crippen LogP contribution in [-0.2, 0) is 10.0 Å². The topological polar surface area (TPSA) is 117 Å². The third-order valence-electron chi connectivity index (χ3n) is 2.65. The summed E-state index contributed by atoms with van der Waals surface area (Å²) < 4.78 is 28.0. The number of sulfonamides is 1. The van der Waals surface area contributed by atoms with Crippen LogP contribution in [0.5, 0.6) is 0 Å². The summed E-state index contributed by atoms with van der Waals surface area (Å²) in [5, 5.41) is 15.2. The van der Waals surface area contributed by atoms with Gasteiger partial charge in [0.05, 0.1) is 6.20 Å². The Balaban J connectivity index is 2.42. The van der Waals surface area contributed by atoms with Gasteiger partial charge in [-0.1, -0.05) is 0 Å². The smallest absolute Gasteiger partial charge is 0.352 e. The molecule has 0 aromatic carbocycles. The molecule has 9 heteroatoms. The molecule has 2 aromatic heterocycles. The highest BCUT2D eigenvalue weighted by Crippen LogP contribution is 2.20. The molecule has 0 spiro atoms. The molecule has 0 saturated heterocycles. The van der Waals surface area contributed by atoms with Crippen molar-refractivity contribution < 1.29 is 18.3 Å². The number of carbonyl (C=O) groups is 1. The molecule has 0 aliphatic heterocycles. The molecule has 2 rings (SSSR count). The Hall–Kier alpha value is -2.29. The molecule has 0 saturated carbocycles. The monoisotopic (exact) mass is 298 g/mol. The van der Waals surface area contributed by atoms with Crippen LogP contribution < -0.4 is 4.72 Å². The first-order chi connectivity index (χ1) is 9.31. The van der Waals surface area contributed by atoms with E-state index in [9.17, 15) is 13.2 Å². The first-order valence-electron chi connectivity index (χ1n) is 5.78.